The zero-order chi connectivity index (χ0) is 16.3. The predicted molar refractivity (Wildman–Crippen MR) is 79.0 cm³/mol. The van der Waals surface area contributed by atoms with Crippen molar-refractivity contribution in [2.75, 3.05) is 30.2 Å². The molecule has 1 saturated heterocycles. The van der Waals surface area contributed by atoms with Crippen molar-refractivity contribution in [3.05, 3.63) is 29.8 Å². The van der Waals surface area contributed by atoms with E-state index in [1.165, 1.54) is 0 Å². The molecule has 1 amide bonds. The van der Waals surface area contributed by atoms with Crippen LogP contribution in [0.4, 0.5) is 14.5 Å². The molecular formula is C14H18F2N2O3S. The molecule has 0 radical (unpaired) electrons. The molecule has 122 valence electrons. The Labute approximate surface area is 128 Å². The predicted octanol–water partition coefficient (Wildman–Crippen LogP) is 1.74. The van der Waals surface area contributed by atoms with Crippen LogP contribution in [0.5, 0.6) is 0 Å². The lowest BCUT2D eigenvalue weighted by Gasteiger charge is -2.24. The second-order valence-corrected chi connectivity index (χ2v) is 7.15. The van der Waals surface area contributed by atoms with E-state index >= 15 is 0 Å². The first-order valence-electron chi connectivity index (χ1n) is 7.00. The highest BCUT2D eigenvalue weighted by Crippen LogP contribution is 2.25. The highest BCUT2D eigenvalue weighted by Gasteiger charge is 2.26. The Hall–Kier alpha value is -1.70. The molecule has 0 N–H and O–H groups in total. The van der Waals surface area contributed by atoms with Gasteiger partial charge in [0.2, 0.25) is 15.9 Å². The van der Waals surface area contributed by atoms with E-state index in [-0.39, 0.29) is 18.9 Å². The summed E-state index contributed by atoms with van der Waals surface area (Å²) in [6, 6.07) is 3.13. The van der Waals surface area contributed by atoms with E-state index in [0.717, 1.165) is 37.3 Å². The van der Waals surface area contributed by atoms with Crippen LogP contribution in [0.25, 0.3) is 0 Å². The van der Waals surface area contributed by atoms with Gasteiger partial charge in [-0.25, -0.2) is 17.2 Å². The van der Waals surface area contributed by atoms with Gasteiger partial charge in [-0.2, -0.15) is 0 Å². The van der Waals surface area contributed by atoms with Crippen LogP contribution in [0.15, 0.2) is 18.2 Å². The van der Waals surface area contributed by atoms with Crippen molar-refractivity contribution in [3.8, 4) is 0 Å². The van der Waals surface area contributed by atoms with E-state index in [1.54, 1.807) is 4.90 Å². The monoisotopic (exact) mass is 332 g/mol. The minimum absolute atomic E-state index is 0.110. The molecule has 0 saturated carbocycles. The summed E-state index contributed by atoms with van der Waals surface area (Å²) < 4.78 is 51.9. The van der Waals surface area contributed by atoms with Gasteiger partial charge in [-0.05, 0) is 25.0 Å². The number of hydrogen-bond donors (Lipinski definition) is 0. The van der Waals surface area contributed by atoms with Gasteiger partial charge in [0, 0.05) is 26.1 Å². The number of carbonyl (C=O) groups is 1. The normalized spacial score (nSPS) is 15.1. The third-order valence-electron chi connectivity index (χ3n) is 3.57. The van der Waals surface area contributed by atoms with E-state index in [9.17, 15) is 22.0 Å². The van der Waals surface area contributed by atoms with Crippen LogP contribution in [-0.4, -0.2) is 45.1 Å². The van der Waals surface area contributed by atoms with Gasteiger partial charge >= 0.3 is 0 Å². The Morgan fingerprint density at radius 3 is 2.27 bits per heavy atom. The van der Waals surface area contributed by atoms with Crippen molar-refractivity contribution in [3.63, 3.8) is 0 Å². The fourth-order valence-corrected chi connectivity index (χ4v) is 3.42. The van der Waals surface area contributed by atoms with E-state index in [0.29, 0.717) is 17.4 Å². The Balaban J connectivity index is 2.19. The zero-order valence-electron chi connectivity index (χ0n) is 12.3. The number of hydrogen-bond acceptors (Lipinski definition) is 3. The number of carbonyl (C=O) groups excluding carboxylic acids is 1. The lowest BCUT2D eigenvalue weighted by atomic mass is 10.2. The Bertz CT molecular complexity index is 638. The van der Waals surface area contributed by atoms with Gasteiger partial charge in [0.05, 0.1) is 6.26 Å². The molecule has 22 heavy (non-hydrogen) atoms. The number of halogens is 2. The third-order valence-corrected chi connectivity index (χ3v) is 4.74. The fourth-order valence-electron chi connectivity index (χ4n) is 2.49. The molecule has 8 heteroatoms. The Morgan fingerprint density at radius 2 is 1.77 bits per heavy atom. The van der Waals surface area contributed by atoms with E-state index in [2.05, 4.69) is 0 Å². The number of rotatable bonds is 5. The van der Waals surface area contributed by atoms with Crippen LogP contribution in [0.2, 0.25) is 0 Å². The van der Waals surface area contributed by atoms with Gasteiger partial charge in [-0.15, -0.1) is 0 Å². The summed E-state index contributed by atoms with van der Waals surface area (Å²) in [5.74, 6) is -2.15. The van der Waals surface area contributed by atoms with Gasteiger partial charge in [0.15, 0.2) is 11.6 Å². The maximum Gasteiger partial charge on any atom is 0.232 e. The molecule has 0 aliphatic carbocycles. The number of sulfonamides is 1. The summed E-state index contributed by atoms with van der Waals surface area (Å²) in [5.41, 5.74) is -0.640. The smallest absolute Gasteiger partial charge is 0.232 e. The molecule has 1 aromatic rings. The summed E-state index contributed by atoms with van der Waals surface area (Å²) in [6.45, 7) is 1.00. The average Bonchev–Trinajstić information content (AvgIpc) is 2.94. The summed E-state index contributed by atoms with van der Waals surface area (Å²) >= 11 is 0. The molecule has 1 fully saturated rings. The van der Waals surface area contributed by atoms with Crippen LogP contribution >= 0.6 is 0 Å². The van der Waals surface area contributed by atoms with Crippen molar-refractivity contribution >= 4 is 21.6 Å². The second kappa shape index (κ2) is 6.60. The number of nitrogens with zero attached hydrogens (tertiary/aromatic N) is 2. The lowest BCUT2D eigenvalue weighted by molar-refractivity contribution is -0.129. The standard InChI is InChI=1S/C14H18F2N2O3S/c1-22(20,21)18(14-11(15)5-4-6-12(14)16)10-7-13(19)17-8-2-3-9-17/h4-6H,2-3,7-10H2,1H3. The topological polar surface area (TPSA) is 57.7 Å². The van der Waals surface area contributed by atoms with E-state index in [4.69, 9.17) is 0 Å². The molecule has 0 spiro atoms. The van der Waals surface area contributed by atoms with Crippen LogP contribution in [0, 0.1) is 11.6 Å². The minimum atomic E-state index is -3.90. The molecule has 1 aliphatic rings. The van der Waals surface area contributed by atoms with Crippen molar-refractivity contribution in [1.29, 1.82) is 0 Å². The average molecular weight is 332 g/mol. The number of benzene rings is 1. The molecule has 1 aliphatic heterocycles. The van der Waals surface area contributed by atoms with Gasteiger partial charge in [0.1, 0.15) is 5.69 Å². The largest absolute Gasteiger partial charge is 0.343 e. The molecular weight excluding hydrogens is 314 g/mol. The molecule has 1 aromatic carbocycles. The van der Waals surface area contributed by atoms with E-state index in [1.807, 2.05) is 0 Å². The van der Waals surface area contributed by atoms with Gasteiger partial charge in [-0.3, -0.25) is 9.10 Å². The quantitative estimate of drug-likeness (QED) is 0.825. The number of anilines is 1. The number of amides is 1. The minimum Gasteiger partial charge on any atom is -0.343 e. The maximum absolute atomic E-state index is 13.8. The Morgan fingerprint density at radius 1 is 1.23 bits per heavy atom. The summed E-state index contributed by atoms with van der Waals surface area (Å²) in [6.07, 6.45) is 2.59. The van der Waals surface area contributed by atoms with Crippen LogP contribution in [0.3, 0.4) is 0 Å². The molecule has 1 heterocycles. The molecule has 0 aromatic heterocycles. The molecule has 0 unspecified atom stereocenters. The number of para-hydroxylation sites is 1. The first-order valence-corrected chi connectivity index (χ1v) is 8.85. The Kier molecular flexibility index (Phi) is 5.00. The van der Waals surface area contributed by atoms with Crippen LogP contribution in [0.1, 0.15) is 19.3 Å². The maximum atomic E-state index is 13.8. The van der Waals surface area contributed by atoms with Gasteiger partial charge in [0.25, 0.3) is 0 Å². The van der Waals surface area contributed by atoms with Crippen molar-refractivity contribution in [2.45, 2.75) is 19.3 Å². The van der Waals surface area contributed by atoms with Crippen LogP contribution < -0.4 is 4.31 Å². The molecule has 2 rings (SSSR count). The fraction of sp³-hybridized carbons (Fsp3) is 0.500. The van der Waals surface area contributed by atoms with Crippen LogP contribution in [-0.2, 0) is 14.8 Å². The van der Waals surface area contributed by atoms with Crippen molar-refractivity contribution in [2.24, 2.45) is 0 Å². The second-order valence-electron chi connectivity index (χ2n) is 5.24. The molecule has 0 bridgehead atoms. The summed E-state index contributed by atoms with van der Waals surface area (Å²) in [5, 5.41) is 0. The van der Waals surface area contributed by atoms with Crippen molar-refractivity contribution in [1.82, 2.24) is 4.90 Å². The van der Waals surface area contributed by atoms with Crippen molar-refractivity contribution < 1.29 is 22.0 Å². The third kappa shape index (κ3) is 3.73. The first kappa shape index (κ1) is 16.7. The first-order chi connectivity index (χ1) is 10.3. The molecule has 0 atom stereocenters. The molecule has 5 nitrogen and oxygen atoms in total. The highest BCUT2D eigenvalue weighted by atomic mass is 32.2. The summed E-state index contributed by atoms with van der Waals surface area (Å²) in [7, 11) is -3.90. The lowest BCUT2D eigenvalue weighted by Crippen LogP contribution is -2.36. The SMILES string of the molecule is CS(=O)(=O)N(CCC(=O)N1CCCC1)c1c(F)cccc1F. The van der Waals surface area contributed by atoms with Gasteiger partial charge in [-0.1, -0.05) is 6.07 Å². The zero-order valence-corrected chi connectivity index (χ0v) is 13.1. The van der Waals surface area contributed by atoms with E-state index < -0.39 is 27.3 Å². The van der Waals surface area contributed by atoms with Gasteiger partial charge < -0.3 is 4.90 Å². The summed E-state index contributed by atoms with van der Waals surface area (Å²) in [4.78, 5) is 13.6. The highest BCUT2D eigenvalue weighted by molar-refractivity contribution is 7.92. The number of likely N-dealkylation sites (tertiary alicyclic amines) is 1.